The van der Waals surface area contributed by atoms with Crippen molar-refractivity contribution in [3.05, 3.63) is 35.4 Å². The largest absolute Gasteiger partial charge is 0.340 e. The number of amides is 2. The molecule has 1 aromatic rings. The first-order valence-electron chi connectivity index (χ1n) is 11.3. The van der Waals surface area contributed by atoms with Crippen molar-refractivity contribution in [1.82, 2.24) is 14.7 Å². The van der Waals surface area contributed by atoms with Crippen LogP contribution in [0.5, 0.6) is 0 Å². The van der Waals surface area contributed by atoms with E-state index in [9.17, 15) is 9.59 Å². The van der Waals surface area contributed by atoms with E-state index in [-0.39, 0.29) is 21.9 Å². The van der Waals surface area contributed by atoms with Gasteiger partial charge < -0.3 is 9.80 Å². The standard InChI is InChI=1S/C24H35N3O2S/c1-17-21(28)27(23(30-17)19-7-9-20(10-8-19)24(2,3)4)16-13-25-11-14-26(15-12-25)22(29)18-5-6-18/h7-10,17-18,23H,5-6,11-16H2,1-4H3/t17-,23-/m1/s1. The van der Waals surface area contributed by atoms with E-state index < -0.39 is 0 Å². The Bertz CT molecular complexity index is 777. The molecule has 2 saturated heterocycles. The van der Waals surface area contributed by atoms with Crippen LogP contribution in [-0.2, 0) is 15.0 Å². The summed E-state index contributed by atoms with van der Waals surface area (Å²) in [7, 11) is 0. The highest BCUT2D eigenvalue weighted by atomic mass is 32.2. The molecule has 5 nitrogen and oxygen atoms in total. The predicted molar refractivity (Wildman–Crippen MR) is 122 cm³/mol. The first kappa shape index (κ1) is 21.7. The number of rotatable bonds is 5. The van der Waals surface area contributed by atoms with Gasteiger partial charge in [0.25, 0.3) is 0 Å². The predicted octanol–water partition coefficient (Wildman–Crippen LogP) is 3.50. The van der Waals surface area contributed by atoms with E-state index >= 15 is 0 Å². The van der Waals surface area contributed by atoms with E-state index in [1.807, 2.05) is 11.8 Å². The van der Waals surface area contributed by atoms with Gasteiger partial charge in [-0.05, 0) is 36.3 Å². The van der Waals surface area contributed by atoms with Crippen LogP contribution in [0.25, 0.3) is 0 Å². The Morgan fingerprint density at radius 2 is 1.67 bits per heavy atom. The second-order valence-corrected chi connectivity index (χ2v) is 11.4. The molecule has 2 amide bonds. The first-order valence-corrected chi connectivity index (χ1v) is 12.3. The maximum atomic E-state index is 12.8. The summed E-state index contributed by atoms with van der Waals surface area (Å²) in [5, 5.41) is 0.101. The fraction of sp³-hybridized carbons (Fsp3) is 0.667. The van der Waals surface area contributed by atoms with Crippen LogP contribution in [0.15, 0.2) is 24.3 Å². The van der Waals surface area contributed by atoms with E-state index in [0.717, 1.165) is 52.1 Å². The van der Waals surface area contributed by atoms with Crippen LogP contribution >= 0.6 is 11.8 Å². The third-order valence-electron chi connectivity index (χ3n) is 6.58. The molecule has 6 heteroatoms. The SMILES string of the molecule is C[C@H]1S[C@H](c2ccc(C(C)(C)C)cc2)N(CCN2CCN(C(=O)C3CC3)CC2)C1=O. The maximum absolute atomic E-state index is 12.8. The minimum absolute atomic E-state index is 0.00491. The zero-order valence-electron chi connectivity index (χ0n) is 18.8. The molecular weight excluding hydrogens is 394 g/mol. The van der Waals surface area contributed by atoms with Gasteiger partial charge in [-0.3, -0.25) is 14.5 Å². The maximum Gasteiger partial charge on any atom is 0.236 e. The number of carbonyl (C=O) groups excluding carboxylic acids is 2. The molecular formula is C24H35N3O2S. The number of hydrogen-bond acceptors (Lipinski definition) is 4. The number of carbonyl (C=O) groups is 2. The van der Waals surface area contributed by atoms with Crippen molar-refractivity contribution in [2.45, 2.75) is 56.6 Å². The fourth-order valence-electron chi connectivity index (χ4n) is 4.34. The molecule has 1 aromatic carbocycles. The quantitative estimate of drug-likeness (QED) is 0.719. The lowest BCUT2D eigenvalue weighted by molar-refractivity contribution is -0.134. The lowest BCUT2D eigenvalue weighted by Crippen LogP contribution is -2.51. The molecule has 0 aromatic heterocycles. The minimum atomic E-state index is 0.00491. The van der Waals surface area contributed by atoms with E-state index in [1.54, 1.807) is 11.8 Å². The third-order valence-corrected chi connectivity index (χ3v) is 7.97. The van der Waals surface area contributed by atoms with E-state index in [1.165, 1.54) is 11.1 Å². The molecule has 2 atom stereocenters. The Labute approximate surface area is 185 Å². The molecule has 3 fully saturated rings. The smallest absolute Gasteiger partial charge is 0.236 e. The summed E-state index contributed by atoms with van der Waals surface area (Å²) in [5.74, 6) is 0.906. The highest BCUT2D eigenvalue weighted by molar-refractivity contribution is 8.01. The number of hydrogen-bond donors (Lipinski definition) is 0. The summed E-state index contributed by atoms with van der Waals surface area (Å²) in [5.41, 5.74) is 2.66. The van der Waals surface area contributed by atoms with Crippen LogP contribution in [0.1, 0.15) is 57.0 Å². The lowest BCUT2D eigenvalue weighted by atomic mass is 9.86. The molecule has 4 rings (SSSR count). The number of benzene rings is 1. The van der Waals surface area contributed by atoms with Gasteiger partial charge >= 0.3 is 0 Å². The monoisotopic (exact) mass is 429 g/mol. The average Bonchev–Trinajstić information content (AvgIpc) is 3.53. The molecule has 1 saturated carbocycles. The van der Waals surface area contributed by atoms with Crippen molar-refractivity contribution in [2.75, 3.05) is 39.3 Å². The second-order valence-electron chi connectivity index (χ2n) is 9.98. The van der Waals surface area contributed by atoms with Gasteiger partial charge in [-0.1, -0.05) is 45.0 Å². The zero-order chi connectivity index (χ0) is 21.5. The van der Waals surface area contributed by atoms with Crippen LogP contribution in [0, 0.1) is 5.92 Å². The van der Waals surface area contributed by atoms with Gasteiger partial charge in [0.2, 0.25) is 11.8 Å². The Balaban J connectivity index is 1.35. The normalized spacial score (nSPS) is 25.8. The Kier molecular flexibility index (Phi) is 6.18. The number of piperazine rings is 1. The molecule has 3 aliphatic rings. The van der Waals surface area contributed by atoms with Crippen LogP contribution in [-0.4, -0.2) is 71.0 Å². The van der Waals surface area contributed by atoms with Crippen molar-refractivity contribution in [1.29, 1.82) is 0 Å². The van der Waals surface area contributed by atoms with Gasteiger partial charge in [0, 0.05) is 45.2 Å². The second kappa shape index (κ2) is 8.54. The minimum Gasteiger partial charge on any atom is -0.340 e. The molecule has 0 bridgehead atoms. The molecule has 30 heavy (non-hydrogen) atoms. The summed E-state index contributed by atoms with van der Waals surface area (Å²) in [6.45, 7) is 13.8. The first-order chi connectivity index (χ1) is 14.2. The van der Waals surface area contributed by atoms with Crippen LogP contribution in [0.3, 0.4) is 0 Å². The van der Waals surface area contributed by atoms with Crippen LogP contribution in [0.2, 0.25) is 0 Å². The lowest BCUT2D eigenvalue weighted by Gasteiger charge is -2.36. The summed E-state index contributed by atoms with van der Waals surface area (Å²) >= 11 is 1.75. The van der Waals surface area contributed by atoms with Gasteiger partial charge in [-0.15, -0.1) is 11.8 Å². The summed E-state index contributed by atoms with van der Waals surface area (Å²) in [4.78, 5) is 31.6. The summed E-state index contributed by atoms with van der Waals surface area (Å²) in [6, 6.07) is 8.80. The van der Waals surface area contributed by atoms with Crippen molar-refractivity contribution < 1.29 is 9.59 Å². The van der Waals surface area contributed by atoms with Gasteiger partial charge in [0.05, 0.1) is 5.25 Å². The summed E-state index contributed by atoms with van der Waals surface area (Å²) in [6.07, 6.45) is 2.15. The molecule has 2 heterocycles. The van der Waals surface area contributed by atoms with E-state index in [2.05, 4.69) is 54.8 Å². The molecule has 0 spiro atoms. The van der Waals surface area contributed by atoms with E-state index in [0.29, 0.717) is 11.8 Å². The average molecular weight is 430 g/mol. The topological polar surface area (TPSA) is 43.9 Å². The molecule has 0 N–H and O–H groups in total. The van der Waals surface area contributed by atoms with Crippen molar-refractivity contribution in [2.24, 2.45) is 5.92 Å². The van der Waals surface area contributed by atoms with Gasteiger partial charge in [0.1, 0.15) is 5.37 Å². The van der Waals surface area contributed by atoms with Crippen molar-refractivity contribution >= 4 is 23.6 Å². The van der Waals surface area contributed by atoms with Crippen LogP contribution in [0.4, 0.5) is 0 Å². The van der Waals surface area contributed by atoms with Crippen molar-refractivity contribution in [3.63, 3.8) is 0 Å². The van der Waals surface area contributed by atoms with Crippen molar-refractivity contribution in [3.8, 4) is 0 Å². The highest BCUT2D eigenvalue weighted by Gasteiger charge is 2.39. The van der Waals surface area contributed by atoms with Gasteiger partial charge in [-0.25, -0.2) is 0 Å². The van der Waals surface area contributed by atoms with Gasteiger partial charge in [-0.2, -0.15) is 0 Å². The van der Waals surface area contributed by atoms with Crippen LogP contribution < -0.4 is 0 Å². The Hall–Kier alpha value is -1.53. The molecule has 164 valence electrons. The van der Waals surface area contributed by atoms with Gasteiger partial charge in [0.15, 0.2) is 0 Å². The Morgan fingerprint density at radius 1 is 1.03 bits per heavy atom. The molecule has 0 unspecified atom stereocenters. The number of thioether (sulfide) groups is 1. The highest BCUT2D eigenvalue weighted by Crippen LogP contribution is 2.43. The third kappa shape index (κ3) is 4.70. The fourth-order valence-corrected chi connectivity index (χ4v) is 5.65. The Morgan fingerprint density at radius 3 is 2.23 bits per heavy atom. The zero-order valence-corrected chi connectivity index (χ0v) is 19.6. The molecule has 1 aliphatic carbocycles. The molecule has 0 radical (unpaired) electrons. The number of nitrogens with zero attached hydrogens (tertiary/aromatic N) is 3. The summed E-state index contributed by atoms with van der Waals surface area (Å²) < 4.78 is 0. The van der Waals surface area contributed by atoms with E-state index in [4.69, 9.17) is 0 Å². The molecule has 2 aliphatic heterocycles.